The van der Waals surface area contributed by atoms with Gasteiger partial charge in [-0.05, 0) is 75.2 Å². The molecule has 0 aromatic carbocycles. The fourth-order valence-electron chi connectivity index (χ4n) is 8.21. The van der Waals surface area contributed by atoms with Gasteiger partial charge < -0.3 is 9.80 Å². The Kier molecular flexibility index (Phi) is 8.62. The first-order valence-electron chi connectivity index (χ1n) is 14.7. The summed E-state index contributed by atoms with van der Waals surface area (Å²) in [6, 6.07) is -1.30. The van der Waals surface area contributed by atoms with E-state index in [1.165, 1.54) is 25.7 Å². The van der Waals surface area contributed by atoms with E-state index >= 15 is 0 Å². The number of guanidine groups is 1. The minimum absolute atomic E-state index is 0.135. The molecular weight excluding hydrogens is 559 g/mol. The molecule has 8 atom stereocenters. The van der Waals surface area contributed by atoms with E-state index in [2.05, 4.69) is 55.5 Å². The predicted molar refractivity (Wildman–Crippen MR) is 148 cm³/mol. The van der Waals surface area contributed by atoms with Gasteiger partial charge in [0.2, 0.25) is 0 Å². The fraction of sp³-hybridized carbons (Fsp3) is 0.963. The zero-order valence-electron chi connectivity index (χ0n) is 23.3. The fourth-order valence-corrected chi connectivity index (χ4v) is 8.92. The van der Waals surface area contributed by atoms with Crippen molar-refractivity contribution in [3.63, 3.8) is 0 Å². The van der Waals surface area contributed by atoms with Crippen LogP contribution < -0.4 is 16.0 Å². The van der Waals surface area contributed by atoms with Gasteiger partial charge in [-0.25, -0.2) is 0 Å². The van der Waals surface area contributed by atoms with Crippen LogP contribution in [-0.2, 0) is 0 Å². The van der Waals surface area contributed by atoms with Gasteiger partial charge in [0.25, 0.3) is 0 Å². The molecule has 0 aromatic rings. The van der Waals surface area contributed by atoms with Crippen molar-refractivity contribution >= 4 is 21.9 Å². The summed E-state index contributed by atoms with van der Waals surface area (Å²) in [5, 5.41) is 19.5. The van der Waals surface area contributed by atoms with E-state index in [4.69, 9.17) is 5.41 Å². The second-order valence-electron chi connectivity index (χ2n) is 13.0. The third kappa shape index (κ3) is 5.48. The molecule has 11 heteroatoms. The zero-order chi connectivity index (χ0) is 27.4. The predicted octanol–water partition coefficient (Wildman–Crippen LogP) is 4.16. The molecule has 3 aliphatic heterocycles. The highest BCUT2D eigenvalue weighted by Gasteiger charge is 2.54. The van der Waals surface area contributed by atoms with Gasteiger partial charge in [-0.2, -0.15) is 13.2 Å². The molecule has 2 aliphatic carbocycles. The Morgan fingerprint density at radius 3 is 2.32 bits per heavy atom. The standard InChI is InChI=1S/C27H47BrF3N7/c1-15(2)18-7-5-6-8-19(18)23-33-13-20-25(35-23)38(26(32)36(20)3)14-16-9-11-17(12-10-16)24-34-21(27(29,30)31)22(28)37(24)4/h15-25,32-35H,5-14H2,1-4H3. The lowest BCUT2D eigenvalue weighted by Crippen LogP contribution is -2.67. The van der Waals surface area contributed by atoms with E-state index in [-0.39, 0.29) is 30.5 Å². The summed E-state index contributed by atoms with van der Waals surface area (Å²) in [6.07, 6.45) is 4.91. The second-order valence-corrected chi connectivity index (χ2v) is 13.9. The molecular formula is C27H47BrF3N7. The zero-order valence-corrected chi connectivity index (χ0v) is 24.9. The molecule has 5 rings (SSSR count). The van der Waals surface area contributed by atoms with Crippen molar-refractivity contribution in [3.8, 4) is 0 Å². The van der Waals surface area contributed by atoms with Crippen molar-refractivity contribution in [1.82, 2.24) is 30.7 Å². The number of rotatable bonds is 5. The molecule has 3 heterocycles. The highest BCUT2D eigenvalue weighted by Crippen LogP contribution is 2.41. The lowest BCUT2D eigenvalue weighted by Gasteiger charge is -2.46. The number of likely N-dealkylation sites (N-methyl/N-ethyl adjacent to an activating group) is 2. The van der Waals surface area contributed by atoms with Gasteiger partial charge in [0.05, 0.1) is 23.3 Å². The summed E-state index contributed by atoms with van der Waals surface area (Å²) in [5.41, 5.74) is 0. The van der Waals surface area contributed by atoms with Crippen LogP contribution in [0, 0.1) is 35.0 Å². The Balaban J connectivity index is 1.19. The number of nitrogens with one attached hydrogen (secondary N) is 4. The lowest BCUT2D eigenvalue weighted by molar-refractivity contribution is -0.152. The molecule has 2 saturated carbocycles. The minimum atomic E-state index is -4.26. The van der Waals surface area contributed by atoms with Crippen LogP contribution in [0.5, 0.6) is 0 Å². The second kappa shape index (κ2) is 11.3. The summed E-state index contributed by atoms with van der Waals surface area (Å²) >= 11 is 3.27. The average Bonchev–Trinajstić information content (AvgIpc) is 3.32. The first-order chi connectivity index (χ1) is 18.0. The van der Waals surface area contributed by atoms with Crippen molar-refractivity contribution in [1.29, 1.82) is 5.41 Å². The first-order valence-corrected chi connectivity index (χ1v) is 15.6. The molecule has 5 aliphatic rings. The molecule has 0 bridgehead atoms. The maximum Gasteiger partial charge on any atom is 0.406 e. The Bertz CT molecular complexity index is 836. The van der Waals surface area contributed by atoms with Crippen LogP contribution in [0.4, 0.5) is 13.2 Å². The Hall–Kier alpha value is -0.620. The third-order valence-electron chi connectivity index (χ3n) is 10.5. The number of hydrogen-bond acceptors (Lipinski definition) is 5. The van der Waals surface area contributed by atoms with E-state index < -0.39 is 17.2 Å². The summed E-state index contributed by atoms with van der Waals surface area (Å²) in [6.45, 7) is 6.45. The van der Waals surface area contributed by atoms with Crippen LogP contribution in [-0.4, -0.2) is 89.6 Å². The molecule has 0 aromatic heterocycles. The molecule has 5 fully saturated rings. The van der Waals surface area contributed by atoms with Gasteiger partial charge in [0.15, 0.2) is 5.96 Å². The van der Waals surface area contributed by atoms with Crippen LogP contribution >= 0.6 is 15.9 Å². The number of nitrogens with zero attached hydrogens (tertiary/aromatic N) is 3. The van der Waals surface area contributed by atoms with Gasteiger partial charge in [0.1, 0.15) is 12.2 Å². The van der Waals surface area contributed by atoms with Crippen molar-refractivity contribution in [2.24, 2.45) is 29.6 Å². The van der Waals surface area contributed by atoms with Crippen LogP contribution in [0.25, 0.3) is 0 Å². The number of halogens is 4. The number of fused-ring (bicyclic) bond motifs is 1. The van der Waals surface area contributed by atoms with Crippen molar-refractivity contribution in [3.05, 3.63) is 0 Å². The topological polar surface area (TPSA) is 69.7 Å². The Morgan fingerprint density at radius 1 is 1.00 bits per heavy atom. The van der Waals surface area contributed by atoms with Crippen LogP contribution in [0.1, 0.15) is 65.2 Å². The molecule has 0 radical (unpaired) electrons. The monoisotopic (exact) mass is 605 g/mol. The first kappa shape index (κ1) is 28.9. The summed E-state index contributed by atoms with van der Waals surface area (Å²) in [4.78, 5) is 5.47. The third-order valence-corrected chi connectivity index (χ3v) is 11.6. The largest absolute Gasteiger partial charge is 0.406 e. The smallest absolute Gasteiger partial charge is 0.338 e. The van der Waals surface area contributed by atoms with E-state index in [9.17, 15) is 13.2 Å². The summed E-state index contributed by atoms with van der Waals surface area (Å²) in [5.74, 6) is 3.28. The van der Waals surface area contributed by atoms with Crippen molar-refractivity contribution in [2.45, 2.75) is 107 Å². The van der Waals surface area contributed by atoms with Gasteiger partial charge in [-0.15, -0.1) is 0 Å². The van der Waals surface area contributed by atoms with E-state index in [1.54, 1.807) is 7.05 Å². The number of alkyl halides is 4. The van der Waals surface area contributed by atoms with E-state index in [1.807, 2.05) is 11.9 Å². The molecule has 0 amide bonds. The SMILES string of the molecule is CC(C)C1CCCCC1C1NCC2C(N1)N(CC1CCC(C3NC(C(F)(F)F)C(Br)N3C)CC1)C(=N)N2C. The highest BCUT2D eigenvalue weighted by atomic mass is 79.9. The van der Waals surface area contributed by atoms with Crippen molar-refractivity contribution < 1.29 is 13.2 Å². The van der Waals surface area contributed by atoms with Gasteiger partial charge >= 0.3 is 6.18 Å². The van der Waals surface area contributed by atoms with Crippen LogP contribution in [0.3, 0.4) is 0 Å². The van der Waals surface area contributed by atoms with Gasteiger partial charge in [-0.3, -0.25) is 26.3 Å². The maximum atomic E-state index is 13.5. The van der Waals surface area contributed by atoms with Crippen LogP contribution in [0.2, 0.25) is 0 Å². The Morgan fingerprint density at radius 2 is 1.68 bits per heavy atom. The average molecular weight is 607 g/mol. The van der Waals surface area contributed by atoms with E-state index in [0.717, 1.165) is 44.7 Å². The quantitative estimate of drug-likeness (QED) is 0.279. The molecule has 38 heavy (non-hydrogen) atoms. The van der Waals surface area contributed by atoms with Crippen LogP contribution in [0.15, 0.2) is 0 Å². The summed E-state index contributed by atoms with van der Waals surface area (Å²) < 4.78 is 40.4. The van der Waals surface area contributed by atoms with Gasteiger partial charge in [-0.1, -0.05) is 42.6 Å². The molecule has 7 nitrogen and oxygen atoms in total. The molecule has 3 saturated heterocycles. The van der Waals surface area contributed by atoms with Gasteiger partial charge in [0, 0.05) is 20.1 Å². The highest BCUT2D eigenvalue weighted by molar-refractivity contribution is 9.09. The van der Waals surface area contributed by atoms with Crippen molar-refractivity contribution in [2.75, 3.05) is 27.2 Å². The normalized spacial score (nSPS) is 43.2. The Labute approximate surface area is 234 Å². The number of hydrogen-bond donors (Lipinski definition) is 4. The lowest BCUT2D eigenvalue weighted by atomic mass is 9.71. The molecule has 0 spiro atoms. The maximum absolute atomic E-state index is 13.5. The molecule has 8 unspecified atom stereocenters. The van der Waals surface area contributed by atoms with E-state index in [0.29, 0.717) is 23.7 Å². The molecule has 218 valence electrons. The molecule has 4 N–H and O–H groups in total. The minimum Gasteiger partial charge on any atom is -0.338 e. The summed E-state index contributed by atoms with van der Waals surface area (Å²) in [7, 11) is 3.82.